The second-order valence-electron chi connectivity index (χ2n) is 7.54. The maximum Gasteiger partial charge on any atom is 0.416 e. The molecular weight excluding hydrogens is 437 g/mol. The molecule has 2 heterocycles. The molecule has 1 aromatic heterocycles. The van der Waals surface area contributed by atoms with Crippen LogP contribution in [-0.2, 0) is 22.2 Å². The van der Waals surface area contributed by atoms with Gasteiger partial charge in [-0.25, -0.2) is 4.68 Å². The molecular formula is C23H21F3N4O3. The number of anilines is 2. The Bertz CT molecular complexity index is 1220. The molecule has 3 aromatic rings. The van der Waals surface area contributed by atoms with E-state index >= 15 is 0 Å². The molecule has 1 aliphatic rings. The Morgan fingerprint density at radius 1 is 1.21 bits per heavy atom. The zero-order chi connectivity index (χ0) is 23.8. The minimum Gasteiger partial charge on any atom is -0.497 e. The van der Waals surface area contributed by atoms with Gasteiger partial charge in [0.25, 0.3) is 5.91 Å². The van der Waals surface area contributed by atoms with Crippen molar-refractivity contribution < 1.29 is 27.5 Å². The van der Waals surface area contributed by atoms with Gasteiger partial charge < -0.3 is 15.4 Å². The Kier molecular flexibility index (Phi) is 5.84. The van der Waals surface area contributed by atoms with Crippen molar-refractivity contribution in [2.24, 2.45) is 0 Å². The van der Waals surface area contributed by atoms with Crippen LogP contribution in [0.15, 0.2) is 48.5 Å². The highest BCUT2D eigenvalue weighted by Gasteiger charge is 2.37. The van der Waals surface area contributed by atoms with Gasteiger partial charge in [-0.15, -0.1) is 0 Å². The molecule has 172 valence electrons. The molecule has 2 aromatic carbocycles. The number of hydrogen-bond donors (Lipinski definition) is 2. The van der Waals surface area contributed by atoms with Crippen LogP contribution in [0.4, 0.5) is 24.7 Å². The lowest BCUT2D eigenvalue weighted by Crippen LogP contribution is -2.24. The number of carbonyl (C=O) groups excluding carboxylic acids is 2. The summed E-state index contributed by atoms with van der Waals surface area (Å²) in [6, 6.07) is 10.8. The molecule has 1 unspecified atom stereocenters. The standard InChI is InChI=1S/C23H21F3N4O3/c1-3-17-20(13-6-4-9-16(10-13)33-2)21-28-22(32)18(30(21)29-17)12-19(31)27-15-8-5-7-14(11-15)23(24,25)26/h4-11,18H,3,12H2,1-2H3,(H,27,31)(H,28,32). The van der Waals surface area contributed by atoms with Crippen LogP contribution in [0.3, 0.4) is 0 Å². The zero-order valence-electron chi connectivity index (χ0n) is 17.9. The highest BCUT2D eigenvalue weighted by atomic mass is 19.4. The molecule has 7 nitrogen and oxygen atoms in total. The predicted molar refractivity (Wildman–Crippen MR) is 116 cm³/mol. The largest absolute Gasteiger partial charge is 0.497 e. The lowest BCUT2D eigenvalue weighted by Gasteiger charge is -2.12. The van der Waals surface area contributed by atoms with Crippen LogP contribution in [0.5, 0.6) is 5.75 Å². The highest BCUT2D eigenvalue weighted by molar-refractivity contribution is 6.04. The molecule has 1 aliphatic heterocycles. The first-order valence-electron chi connectivity index (χ1n) is 10.2. The van der Waals surface area contributed by atoms with Gasteiger partial charge >= 0.3 is 6.18 Å². The molecule has 10 heteroatoms. The molecule has 0 bridgehead atoms. The van der Waals surface area contributed by atoms with Crippen LogP contribution in [0, 0.1) is 0 Å². The molecule has 0 saturated heterocycles. The van der Waals surface area contributed by atoms with Gasteiger partial charge in [0.2, 0.25) is 5.91 Å². The number of alkyl halides is 3. The van der Waals surface area contributed by atoms with Gasteiger partial charge in [-0.3, -0.25) is 9.59 Å². The summed E-state index contributed by atoms with van der Waals surface area (Å²) in [5.41, 5.74) is 1.41. The van der Waals surface area contributed by atoms with Gasteiger partial charge in [0, 0.05) is 11.3 Å². The van der Waals surface area contributed by atoms with Gasteiger partial charge in [-0.05, 0) is 42.3 Å². The van der Waals surface area contributed by atoms with E-state index in [9.17, 15) is 22.8 Å². The van der Waals surface area contributed by atoms with E-state index in [1.807, 2.05) is 25.1 Å². The number of aromatic nitrogens is 2. The fourth-order valence-corrected chi connectivity index (χ4v) is 3.81. The van der Waals surface area contributed by atoms with Crippen molar-refractivity contribution in [3.05, 3.63) is 59.8 Å². The molecule has 2 amide bonds. The van der Waals surface area contributed by atoms with Gasteiger partial charge in [-0.1, -0.05) is 25.1 Å². The van der Waals surface area contributed by atoms with Crippen LogP contribution in [0.2, 0.25) is 0 Å². The van der Waals surface area contributed by atoms with Crippen LogP contribution >= 0.6 is 0 Å². The molecule has 1 atom stereocenters. The Morgan fingerprint density at radius 2 is 1.97 bits per heavy atom. The third-order valence-electron chi connectivity index (χ3n) is 5.37. The summed E-state index contributed by atoms with van der Waals surface area (Å²) in [7, 11) is 1.56. The Balaban J connectivity index is 1.59. The van der Waals surface area contributed by atoms with E-state index in [2.05, 4.69) is 15.7 Å². The molecule has 0 fully saturated rings. The van der Waals surface area contributed by atoms with Crippen LogP contribution in [0.1, 0.15) is 30.6 Å². The number of nitrogens with zero attached hydrogens (tertiary/aromatic N) is 2. The lowest BCUT2D eigenvalue weighted by atomic mass is 10.0. The first-order chi connectivity index (χ1) is 15.7. The Hall–Kier alpha value is -3.82. The predicted octanol–water partition coefficient (Wildman–Crippen LogP) is 4.66. The average Bonchev–Trinajstić information content (AvgIpc) is 3.28. The number of aryl methyl sites for hydroxylation is 1. The monoisotopic (exact) mass is 458 g/mol. The van der Waals surface area contributed by atoms with Crippen LogP contribution < -0.4 is 15.4 Å². The number of nitrogens with one attached hydrogen (secondary N) is 2. The van der Waals surface area contributed by atoms with E-state index in [-0.39, 0.29) is 12.1 Å². The SMILES string of the molecule is CCc1nn2c(c1-c1cccc(OC)c1)NC(=O)C2CC(=O)Nc1cccc(C(F)(F)F)c1. The van der Waals surface area contributed by atoms with Crippen LogP contribution in [-0.4, -0.2) is 28.7 Å². The van der Waals surface area contributed by atoms with E-state index in [4.69, 9.17) is 4.74 Å². The first kappa shape index (κ1) is 22.4. The minimum absolute atomic E-state index is 0.000218. The highest BCUT2D eigenvalue weighted by Crippen LogP contribution is 2.39. The number of rotatable bonds is 6. The maximum absolute atomic E-state index is 12.9. The van der Waals surface area contributed by atoms with E-state index in [0.717, 1.165) is 29.0 Å². The second kappa shape index (κ2) is 8.61. The molecule has 2 N–H and O–H groups in total. The Morgan fingerprint density at radius 3 is 2.67 bits per heavy atom. The second-order valence-corrected chi connectivity index (χ2v) is 7.54. The summed E-state index contributed by atoms with van der Waals surface area (Å²) < 4.78 is 45.5. The van der Waals surface area contributed by atoms with E-state index in [1.54, 1.807) is 13.2 Å². The topological polar surface area (TPSA) is 85.2 Å². The van der Waals surface area contributed by atoms with Crippen molar-refractivity contribution in [1.29, 1.82) is 0 Å². The summed E-state index contributed by atoms with van der Waals surface area (Å²) in [4.78, 5) is 25.2. The normalized spacial score (nSPS) is 15.2. The van der Waals surface area contributed by atoms with E-state index in [0.29, 0.717) is 18.0 Å². The summed E-state index contributed by atoms with van der Waals surface area (Å²) in [6.07, 6.45) is -4.22. The third kappa shape index (κ3) is 4.41. The van der Waals surface area contributed by atoms with Gasteiger partial charge in [0.1, 0.15) is 17.6 Å². The number of fused-ring (bicyclic) bond motifs is 1. The van der Waals surface area contributed by atoms with Gasteiger partial charge in [0.05, 0.1) is 24.8 Å². The van der Waals surface area contributed by atoms with Crippen molar-refractivity contribution in [3.8, 4) is 16.9 Å². The quantitative estimate of drug-likeness (QED) is 0.563. The minimum atomic E-state index is -4.52. The smallest absolute Gasteiger partial charge is 0.416 e. The van der Waals surface area contributed by atoms with Crippen molar-refractivity contribution in [2.75, 3.05) is 17.7 Å². The van der Waals surface area contributed by atoms with Gasteiger partial charge in [0.15, 0.2) is 0 Å². The number of carbonyl (C=O) groups is 2. The number of ether oxygens (including phenoxy) is 1. The summed E-state index contributed by atoms with van der Waals surface area (Å²) in [5.74, 6) is 0.111. The first-order valence-corrected chi connectivity index (χ1v) is 10.2. The summed E-state index contributed by atoms with van der Waals surface area (Å²) in [6.45, 7) is 1.93. The summed E-state index contributed by atoms with van der Waals surface area (Å²) >= 11 is 0. The van der Waals surface area contributed by atoms with Crippen molar-refractivity contribution in [1.82, 2.24) is 9.78 Å². The van der Waals surface area contributed by atoms with Crippen LogP contribution in [0.25, 0.3) is 11.1 Å². The van der Waals surface area contributed by atoms with Crippen molar-refractivity contribution >= 4 is 23.3 Å². The lowest BCUT2D eigenvalue weighted by molar-refractivity contribution is -0.137. The maximum atomic E-state index is 12.9. The average molecular weight is 458 g/mol. The number of amides is 2. The number of benzene rings is 2. The summed E-state index contributed by atoms with van der Waals surface area (Å²) in [5, 5.41) is 9.78. The molecule has 4 rings (SSSR count). The number of hydrogen-bond acceptors (Lipinski definition) is 4. The molecule has 0 saturated carbocycles. The molecule has 0 spiro atoms. The van der Waals surface area contributed by atoms with E-state index in [1.165, 1.54) is 16.8 Å². The fourth-order valence-electron chi connectivity index (χ4n) is 3.81. The third-order valence-corrected chi connectivity index (χ3v) is 5.37. The fraction of sp³-hybridized carbons (Fsp3) is 0.261. The Labute approximate surface area is 187 Å². The molecule has 0 radical (unpaired) electrons. The van der Waals surface area contributed by atoms with E-state index < -0.39 is 29.6 Å². The van der Waals surface area contributed by atoms with Gasteiger partial charge in [-0.2, -0.15) is 18.3 Å². The molecule has 33 heavy (non-hydrogen) atoms. The zero-order valence-corrected chi connectivity index (χ0v) is 17.9. The number of methoxy groups -OCH3 is 1. The van der Waals surface area contributed by atoms with Crippen molar-refractivity contribution in [2.45, 2.75) is 32.0 Å². The molecule has 0 aliphatic carbocycles. The van der Waals surface area contributed by atoms with Crippen molar-refractivity contribution in [3.63, 3.8) is 0 Å². The number of halogens is 3.